The van der Waals surface area contributed by atoms with Gasteiger partial charge in [-0.1, -0.05) is 38.5 Å². The van der Waals surface area contributed by atoms with E-state index in [2.05, 4.69) is 0 Å². The molecule has 3 nitrogen and oxygen atoms in total. The first-order valence-electron chi connectivity index (χ1n) is 7.02. The Morgan fingerprint density at radius 3 is 1.82 bits per heavy atom. The van der Waals surface area contributed by atoms with E-state index in [0.717, 1.165) is 51.4 Å². The highest BCUT2D eigenvalue weighted by Gasteiger charge is 2.41. The number of carbonyl (C=O) groups excluding carboxylic acids is 1. The number of ketones is 1. The van der Waals surface area contributed by atoms with Crippen LogP contribution in [-0.4, -0.2) is 27.2 Å². The second-order valence-corrected chi connectivity index (χ2v) is 5.98. The Hall–Kier alpha value is -0.410. The summed E-state index contributed by atoms with van der Waals surface area (Å²) in [5, 5.41) is 20.7. The Bertz CT molecular complexity index is 273. The van der Waals surface area contributed by atoms with Gasteiger partial charge in [0.1, 0.15) is 5.60 Å². The van der Waals surface area contributed by atoms with Crippen molar-refractivity contribution in [1.82, 2.24) is 0 Å². The van der Waals surface area contributed by atoms with Gasteiger partial charge in [0.05, 0.1) is 5.60 Å². The molecule has 0 saturated heterocycles. The van der Waals surface area contributed by atoms with Gasteiger partial charge in [0.25, 0.3) is 0 Å². The van der Waals surface area contributed by atoms with Gasteiger partial charge >= 0.3 is 0 Å². The minimum Gasteiger partial charge on any atom is -0.389 e. The number of carbonyl (C=O) groups is 1. The maximum atomic E-state index is 12.2. The molecule has 2 N–H and O–H groups in total. The van der Waals surface area contributed by atoms with Gasteiger partial charge in [0.2, 0.25) is 0 Å². The fourth-order valence-corrected chi connectivity index (χ4v) is 3.27. The monoisotopic (exact) mass is 240 g/mol. The number of rotatable bonds is 3. The van der Waals surface area contributed by atoms with Crippen molar-refractivity contribution >= 4 is 5.78 Å². The van der Waals surface area contributed by atoms with Crippen molar-refractivity contribution in [3.8, 4) is 0 Å². The van der Waals surface area contributed by atoms with Crippen molar-refractivity contribution in [2.24, 2.45) is 0 Å². The van der Waals surface area contributed by atoms with Crippen LogP contribution in [0.4, 0.5) is 0 Å². The Labute approximate surface area is 103 Å². The highest BCUT2D eigenvalue weighted by atomic mass is 16.3. The van der Waals surface area contributed by atoms with Crippen LogP contribution < -0.4 is 0 Å². The molecular weight excluding hydrogens is 216 g/mol. The van der Waals surface area contributed by atoms with Gasteiger partial charge in [0, 0.05) is 6.42 Å². The Morgan fingerprint density at radius 1 is 0.824 bits per heavy atom. The SMILES string of the molecule is O=C(CC1(O)CCCCC1)C1(O)CCCCC1. The van der Waals surface area contributed by atoms with Gasteiger partial charge in [-0.15, -0.1) is 0 Å². The molecule has 2 saturated carbocycles. The van der Waals surface area contributed by atoms with E-state index in [1.165, 1.54) is 0 Å². The lowest BCUT2D eigenvalue weighted by Gasteiger charge is -2.36. The van der Waals surface area contributed by atoms with E-state index in [9.17, 15) is 15.0 Å². The molecule has 0 aromatic carbocycles. The molecule has 0 radical (unpaired) electrons. The summed E-state index contributed by atoms with van der Waals surface area (Å²) >= 11 is 0. The van der Waals surface area contributed by atoms with E-state index in [0.29, 0.717) is 12.8 Å². The maximum Gasteiger partial charge on any atom is 0.167 e. The Kier molecular flexibility index (Phi) is 3.88. The topological polar surface area (TPSA) is 57.5 Å². The summed E-state index contributed by atoms with van der Waals surface area (Å²) in [7, 11) is 0. The van der Waals surface area contributed by atoms with Gasteiger partial charge in [0.15, 0.2) is 5.78 Å². The summed E-state index contributed by atoms with van der Waals surface area (Å²) in [5.74, 6) is -0.124. The van der Waals surface area contributed by atoms with Crippen LogP contribution in [0.2, 0.25) is 0 Å². The molecule has 0 aromatic rings. The van der Waals surface area contributed by atoms with Gasteiger partial charge in [-0.05, 0) is 25.7 Å². The van der Waals surface area contributed by atoms with E-state index >= 15 is 0 Å². The van der Waals surface area contributed by atoms with Gasteiger partial charge in [-0.3, -0.25) is 4.79 Å². The third-order valence-corrected chi connectivity index (χ3v) is 4.47. The third-order valence-electron chi connectivity index (χ3n) is 4.47. The average Bonchev–Trinajstić information content (AvgIpc) is 2.30. The molecule has 2 aliphatic carbocycles. The van der Waals surface area contributed by atoms with Gasteiger partial charge in [-0.25, -0.2) is 0 Å². The molecule has 2 fully saturated rings. The molecule has 2 rings (SSSR count). The van der Waals surface area contributed by atoms with E-state index in [-0.39, 0.29) is 12.2 Å². The fraction of sp³-hybridized carbons (Fsp3) is 0.929. The smallest absolute Gasteiger partial charge is 0.167 e. The molecule has 0 aliphatic heterocycles. The normalized spacial score (nSPS) is 27.6. The summed E-state index contributed by atoms with van der Waals surface area (Å²) in [6.45, 7) is 0. The number of hydrogen-bond acceptors (Lipinski definition) is 3. The van der Waals surface area contributed by atoms with Crippen molar-refractivity contribution in [2.75, 3.05) is 0 Å². The zero-order valence-electron chi connectivity index (χ0n) is 10.6. The lowest BCUT2D eigenvalue weighted by Crippen LogP contribution is -2.45. The molecule has 0 atom stereocenters. The number of Topliss-reactive ketones (excluding diaryl/α,β-unsaturated/α-hetero) is 1. The van der Waals surface area contributed by atoms with Crippen LogP contribution in [0.1, 0.15) is 70.6 Å². The number of hydrogen-bond donors (Lipinski definition) is 2. The summed E-state index contributed by atoms with van der Waals surface area (Å²) in [6, 6.07) is 0. The van der Waals surface area contributed by atoms with E-state index in [1.54, 1.807) is 0 Å². The lowest BCUT2D eigenvalue weighted by atomic mass is 9.74. The molecule has 0 unspecified atom stereocenters. The van der Waals surface area contributed by atoms with Crippen molar-refractivity contribution in [3.63, 3.8) is 0 Å². The molecule has 2 aliphatic rings. The van der Waals surface area contributed by atoms with Crippen LogP contribution in [0, 0.1) is 0 Å². The van der Waals surface area contributed by atoms with Crippen LogP contribution in [-0.2, 0) is 4.79 Å². The molecule has 17 heavy (non-hydrogen) atoms. The molecule has 3 heteroatoms. The largest absolute Gasteiger partial charge is 0.389 e. The van der Waals surface area contributed by atoms with Gasteiger partial charge < -0.3 is 10.2 Å². The second-order valence-electron chi connectivity index (χ2n) is 5.98. The molecule has 0 bridgehead atoms. The van der Waals surface area contributed by atoms with Crippen molar-refractivity contribution in [2.45, 2.75) is 81.8 Å². The highest BCUT2D eigenvalue weighted by Crippen LogP contribution is 2.36. The minimum absolute atomic E-state index is 0.124. The standard InChI is InChI=1S/C14H24O3/c15-12(14(17)9-5-2-6-10-14)11-13(16)7-3-1-4-8-13/h16-17H,1-11H2. The van der Waals surface area contributed by atoms with Crippen LogP contribution in [0.5, 0.6) is 0 Å². The summed E-state index contributed by atoms with van der Waals surface area (Å²) in [4.78, 5) is 12.2. The fourth-order valence-electron chi connectivity index (χ4n) is 3.27. The van der Waals surface area contributed by atoms with Crippen molar-refractivity contribution in [3.05, 3.63) is 0 Å². The highest BCUT2D eigenvalue weighted by molar-refractivity contribution is 5.87. The molecular formula is C14H24O3. The van der Waals surface area contributed by atoms with Gasteiger partial charge in [-0.2, -0.15) is 0 Å². The van der Waals surface area contributed by atoms with E-state index in [1.807, 2.05) is 0 Å². The zero-order valence-corrected chi connectivity index (χ0v) is 10.6. The van der Waals surface area contributed by atoms with E-state index in [4.69, 9.17) is 0 Å². The molecule has 0 aromatic heterocycles. The first-order valence-corrected chi connectivity index (χ1v) is 7.02. The second kappa shape index (κ2) is 5.07. The summed E-state index contributed by atoms with van der Waals surface area (Å²) < 4.78 is 0. The molecule has 0 amide bonds. The lowest BCUT2D eigenvalue weighted by molar-refractivity contribution is -0.147. The third kappa shape index (κ3) is 3.08. The summed E-state index contributed by atoms with van der Waals surface area (Å²) in [5.41, 5.74) is -1.96. The maximum absolute atomic E-state index is 12.2. The molecule has 0 spiro atoms. The zero-order chi connectivity index (χ0) is 12.4. The Morgan fingerprint density at radius 2 is 1.29 bits per heavy atom. The van der Waals surface area contributed by atoms with Crippen molar-refractivity contribution < 1.29 is 15.0 Å². The van der Waals surface area contributed by atoms with Crippen LogP contribution in [0.15, 0.2) is 0 Å². The summed E-state index contributed by atoms with van der Waals surface area (Å²) in [6.07, 6.45) is 8.89. The first kappa shape index (κ1) is 13.0. The average molecular weight is 240 g/mol. The van der Waals surface area contributed by atoms with Crippen LogP contribution in [0.3, 0.4) is 0 Å². The van der Waals surface area contributed by atoms with Crippen LogP contribution >= 0.6 is 0 Å². The first-order chi connectivity index (χ1) is 8.04. The predicted molar refractivity (Wildman–Crippen MR) is 65.7 cm³/mol. The Balaban J connectivity index is 1.95. The molecule has 0 heterocycles. The van der Waals surface area contributed by atoms with Crippen LogP contribution in [0.25, 0.3) is 0 Å². The molecule has 98 valence electrons. The minimum atomic E-state index is -1.13. The quantitative estimate of drug-likeness (QED) is 0.796. The number of aliphatic hydroxyl groups is 2. The van der Waals surface area contributed by atoms with E-state index < -0.39 is 11.2 Å². The predicted octanol–water partition coefficient (Wildman–Crippen LogP) is 2.34. The van der Waals surface area contributed by atoms with Crippen molar-refractivity contribution in [1.29, 1.82) is 0 Å².